The van der Waals surface area contributed by atoms with Crippen LogP contribution in [0.25, 0.3) is 17.3 Å². The molecule has 6 nitrogen and oxygen atoms in total. The maximum Gasteiger partial charge on any atom is 0.331 e. The van der Waals surface area contributed by atoms with Gasteiger partial charge in [-0.1, -0.05) is 48.0 Å². The maximum atomic E-state index is 15.0. The van der Waals surface area contributed by atoms with Gasteiger partial charge in [-0.05, 0) is 43.7 Å². The Labute approximate surface area is 221 Å². The summed E-state index contributed by atoms with van der Waals surface area (Å²) in [4.78, 5) is 28.1. The van der Waals surface area contributed by atoms with E-state index in [2.05, 4.69) is 22.1 Å². The van der Waals surface area contributed by atoms with E-state index < -0.39 is 17.7 Å². The molecule has 10 heteroatoms. The monoisotopic (exact) mass is 546 g/mol. The molecule has 0 aliphatic rings. The Bertz CT molecular complexity index is 1370. The number of thiazole rings is 1. The number of ether oxygens (including phenoxy) is 1. The molecule has 0 spiro atoms. The van der Waals surface area contributed by atoms with E-state index >= 15 is 4.39 Å². The fourth-order valence-electron chi connectivity index (χ4n) is 2.98. The molecular formula is C26H21Cl2FN2O4S. The van der Waals surface area contributed by atoms with Crippen LogP contribution in [0.2, 0.25) is 10.0 Å². The summed E-state index contributed by atoms with van der Waals surface area (Å²) in [5, 5.41) is 13.8. The van der Waals surface area contributed by atoms with Crippen molar-refractivity contribution in [2.45, 2.75) is 20.3 Å². The van der Waals surface area contributed by atoms with E-state index in [1.54, 1.807) is 23.6 Å². The van der Waals surface area contributed by atoms with Gasteiger partial charge in [0.1, 0.15) is 12.4 Å². The number of anilines is 1. The molecule has 1 amide bonds. The minimum Gasteiger partial charge on any atom is -0.478 e. The largest absolute Gasteiger partial charge is 0.478 e. The van der Waals surface area contributed by atoms with Crippen LogP contribution in [0, 0.1) is 17.7 Å². The van der Waals surface area contributed by atoms with Crippen molar-refractivity contribution in [2.75, 3.05) is 18.5 Å². The molecule has 3 aromatic rings. The number of aromatic nitrogens is 1. The standard InChI is InChI=1S/C26H21Cl2FN2O4S/c1-3-9-35-10-5-7-16-6-4-8-18(23(16)29)22-14-36-26(30-22)31-24(32)17-12-20(27)19(21(28)13-17)11-15(2)25(33)34/h4,6,8,11-14H,3,9-10H2,1-2H3,(H,33,34)(H,30,31,32). The first-order valence-corrected chi connectivity index (χ1v) is 12.4. The Morgan fingerprint density at radius 1 is 1.28 bits per heavy atom. The van der Waals surface area contributed by atoms with Crippen LogP contribution in [0.3, 0.4) is 0 Å². The highest BCUT2D eigenvalue weighted by Crippen LogP contribution is 2.31. The number of amides is 1. The molecule has 0 unspecified atom stereocenters. The molecular weight excluding hydrogens is 526 g/mol. The summed E-state index contributed by atoms with van der Waals surface area (Å²) in [6, 6.07) is 7.60. The number of rotatable bonds is 8. The highest BCUT2D eigenvalue weighted by Gasteiger charge is 2.16. The van der Waals surface area contributed by atoms with E-state index in [4.69, 9.17) is 33.0 Å². The van der Waals surface area contributed by atoms with Gasteiger partial charge in [0, 0.05) is 34.3 Å². The van der Waals surface area contributed by atoms with Crippen molar-refractivity contribution in [1.82, 2.24) is 4.98 Å². The molecule has 0 saturated carbocycles. The molecule has 0 fully saturated rings. The minimum atomic E-state index is -1.11. The number of hydrogen-bond donors (Lipinski definition) is 2. The van der Waals surface area contributed by atoms with Gasteiger partial charge in [-0.25, -0.2) is 14.2 Å². The van der Waals surface area contributed by atoms with Gasteiger partial charge >= 0.3 is 5.97 Å². The Balaban J connectivity index is 1.77. The molecule has 2 N–H and O–H groups in total. The van der Waals surface area contributed by atoms with Gasteiger partial charge in [0.15, 0.2) is 5.13 Å². The van der Waals surface area contributed by atoms with Crippen LogP contribution in [0.1, 0.15) is 41.8 Å². The Kier molecular flexibility index (Phi) is 9.62. The van der Waals surface area contributed by atoms with Crippen molar-refractivity contribution >= 4 is 57.6 Å². The first-order valence-electron chi connectivity index (χ1n) is 10.7. The van der Waals surface area contributed by atoms with E-state index in [9.17, 15) is 9.59 Å². The van der Waals surface area contributed by atoms with E-state index in [1.807, 2.05) is 6.92 Å². The number of halogens is 3. The summed E-state index contributed by atoms with van der Waals surface area (Å²) in [6.45, 7) is 4.20. The van der Waals surface area contributed by atoms with Crippen LogP contribution in [0.15, 0.2) is 41.3 Å². The molecule has 1 heterocycles. The van der Waals surface area contributed by atoms with Gasteiger partial charge in [-0.15, -0.1) is 11.3 Å². The van der Waals surface area contributed by atoms with Crippen molar-refractivity contribution in [1.29, 1.82) is 0 Å². The molecule has 0 radical (unpaired) electrons. The predicted molar refractivity (Wildman–Crippen MR) is 141 cm³/mol. The average Bonchev–Trinajstić information content (AvgIpc) is 3.29. The van der Waals surface area contributed by atoms with Crippen LogP contribution in [-0.4, -0.2) is 35.2 Å². The number of aliphatic carboxylic acids is 1. The lowest BCUT2D eigenvalue weighted by molar-refractivity contribution is -0.132. The molecule has 36 heavy (non-hydrogen) atoms. The number of carbonyl (C=O) groups excluding carboxylic acids is 1. The summed E-state index contributed by atoms with van der Waals surface area (Å²) >= 11 is 13.6. The Morgan fingerprint density at radius 2 is 2.00 bits per heavy atom. The van der Waals surface area contributed by atoms with Crippen molar-refractivity contribution in [2.24, 2.45) is 0 Å². The molecule has 0 aliphatic carbocycles. The highest BCUT2D eigenvalue weighted by molar-refractivity contribution is 7.14. The van der Waals surface area contributed by atoms with E-state index in [0.717, 1.165) is 17.8 Å². The summed E-state index contributed by atoms with van der Waals surface area (Å²) in [5.41, 5.74) is 1.31. The topological polar surface area (TPSA) is 88.5 Å². The zero-order valence-corrected chi connectivity index (χ0v) is 21.7. The van der Waals surface area contributed by atoms with Gasteiger partial charge in [-0.2, -0.15) is 0 Å². The van der Waals surface area contributed by atoms with Crippen molar-refractivity contribution in [3.8, 4) is 23.1 Å². The third kappa shape index (κ3) is 6.93. The lowest BCUT2D eigenvalue weighted by atomic mass is 10.1. The number of hydrogen-bond acceptors (Lipinski definition) is 5. The van der Waals surface area contributed by atoms with Crippen LogP contribution in [0.5, 0.6) is 0 Å². The van der Waals surface area contributed by atoms with Crippen LogP contribution >= 0.6 is 34.5 Å². The molecule has 0 aliphatic heterocycles. The van der Waals surface area contributed by atoms with Crippen LogP contribution < -0.4 is 5.32 Å². The average molecular weight is 547 g/mol. The van der Waals surface area contributed by atoms with Gasteiger partial charge in [0.2, 0.25) is 0 Å². The zero-order chi connectivity index (χ0) is 26.2. The maximum absolute atomic E-state index is 15.0. The predicted octanol–water partition coefficient (Wildman–Crippen LogP) is 6.77. The molecule has 0 atom stereocenters. The molecule has 3 rings (SSSR count). The molecule has 0 bridgehead atoms. The normalized spacial score (nSPS) is 11.1. The number of nitrogens with zero attached hydrogens (tertiary/aromatic N) is 1. The van der Waals surface area contributed by atoms with Crippen LogP contribution in [-0.2, 0) is 9.53 Å². The first kappa shape index (κ1) is 27.4. The second-order valence-corrected chi connectivity index (χ2v) is 9.17. The van der Waals surface area contributed by atoms with Crippen molar-refractivity contribution in [3.63, 3.8) is 0 Å². The van der Waals surface area contributed by atoms with E-state index in [1.165, 1.54) is 25.1 Å². The fourth-order valence-corrected chi connectivity index (χ4v) is 4.28. The lowest BCUT2D eigenvalue weighted by Crippen LogP contribution is -2.12. The highest BCUT2D eigenvalue weighted by atomic mass is 35.5. The second kappa shape index (κ2) is 12.7. The molecule has 1 aromatic heterocycles. The second-order valence-electron chi connectivity index (χ2n) is 7.50. The number of carboxylic acids is 1. The van der Waals surface area contributed by atoms with Crippen molar-refractivity contribution < 1.29 is 23.8 Å². The number of benzene rings is 2. The van der Waals surface area contributed by atoms with E-state index in [0.29, 0.717) is 17.9 Å². The quantitative estimate of drug-likeness (QED) is 0.185. The van der Waals surface area contributed by atoms with Crippen molar-refractivity contribution in [3.05, 3.63) is 73.8 Å². The van der Waals surface area contributed by atoms with Gasteiger partial charge in [0.05, 0.1) is 21.3 Å². The molecule has 186 valence electrons. The smallest absolute Gasteiger partial charge is 0.331 e. The number of nitrogens with one attached hydrogen (secondary N) is 1. The molecule has 0 saturated heterocycles. The summed E-state index contributed by atoms with van der Waals surface area (Å²) in [7, 11) is 0. The lowest BCUT2D eigenvalue weighted by Gasteiger charge is -2.08. The zero-order valence-electron chi connectivity index (χ0n) is 19.3. The Hall–Kier alpha value is -3.22. The minimum absolute atomic E-state index is 0.0402. The number of carbonyl (C=O) groups is 2. The summed E-state index contributed by atoms with van der Waals surface area (Å²) in [6.07, 6.45) is 2.20. The summed E-state index contributed by atoms with van der Waals surface area (Å²) in [5.74, 6) is 3.41. The van der Waals surface area contributed by atoms with Gasteiger partial charge < -0.3 is 9.84 Å². The fraction of sp³-hybridized carbons (Fsp3) is 0.192. The first-order chi connectivity index (χ1) is 17.2. The van der Waals surface area contributed by atoms with E-state index in [-0.39, 0.29) is 44.0 Å². The van der Waals surface area contributed by atoms with Gasteiger partial charge in [0.25, 0.3) is 5.91 Å². The number of carboxylic acid groups (broad SMARTS) is 1. The third-order valence-corrected chi connectivity index (χ3v) is 6.17. The Morgan fingerprint density at radius 3 is 2.67 bits per heavy atom. The van der Waals surface area contributed by atoms with Crippen LogP contribution in [0.4, 0.5) is 9.52 Å². The summed E-state index contributed by atoms with van der Waals surface area (Å²) < 4.78 is 20.3. The SMILES string of the molecule is CCCOCC#Cc1cccc(-c2csc(NC(=O)c3cc(Cl)c(C=C(C)C(=O)O)c(Cl)c3)n2)c1F. The molecule has 2 aromatic carbocycles. The third-order valence-electron chi connectivity index (χ3n) is 4.78. The van der Waals surface area contributed by atoms with Gasteiger partial charge in [-0.3, -0.25) is 10.1 Å².